The lowest BCUT2D eigenvalue weighted by atomic mass is 10.1. The van der Waals surface area contributed by atoms with Crippen molar-refractivity contribution in [3.8, 4) is 0 Å². The highest BCUT2D eigenvalue weighted by Crippen LogP contribution is 2.26. The number of nitrogens with zero attached hydrogens (tertiary/aromatic N) is 3. The van der Waals surface area contributed by atoms with Crippen LogP contribution < -0.4 is 5.32 Å². The molecule has 1 N–H and O–H groups in total. The number of thiazole rings is 1. The highest BCUT2D eigenvalue weighted by molar-refractivity contribution is 7.91. The number of carbonyl (C=O) groups excluding carboxylic acids is 1. The zero-order valence-corrected chi connectivity index (χ0v) is 15.3. The van der Waals surface area contributed by atoms with E-state index in [-0.39, 0.29) is 28.6 Å². The predicted octanol–water partition coefficient (Wildman–Crippen LogP) is 0.458. The summed E-state index contributed by atoms with van der Waals surface area (Å²) < 4.78 is 27.2. The molecule has 3 heterocycles. The summed E-state index contributed by atoms with van der Waals surface area (Å²) in [7, 11) is -3.49. The van der Waals surface area contributed by atoms with E-state index >= 15 is 0 Å². The normalized spacial score (nSPS) is 23.6. The second kappa shape index (κ2) is 7.43. The van der Waals surface area contributed by atoms with Gasteiger partial charge in [-0.2, -0.15) is 4.31 Å². The van der Waals surface area contributed by atoms with Gasteiger partial charge in [0.2, 0.25) is 5.91 Å². The van der Waals surface area contributed by atoms with Gasteiger partial charge < -0.3 is 10.2 Å². The number of carbonyl (C=O) groups is 1. The van der Waals surface area contributed by atoms with E-state index in [1.54, 1.807) is 6.92 Å². The summed E-state index contributed by atoms with van der Waals surface area (Å²) in [6, 6.07) is -0.0212. The Balaban J connectivity index is 0.00000192. The van der Waals surface area contributed by atoms with Gasteiger partial charge >= 0.3 is 0 Å². The van der Waals surface area contributed by atoms with Gasteiger partial charge in [0.05, 0.1) is 17.7 Å². The molecule has 23 heavy (non-hydrogen) atoms. The molecule has 0 radical (unpaired) electrons. The van der Waals surface area contributed by atoms with Crippen LogP contribution in [0.3, 0.4) is 0 Å². The number of nitrogens with one attached hydrogen (secondary N) is 1. The molecule has 0 spiro atoms. The first-order chi connectivity index (χ1) is 10.5. The van der Waals surface area contributed by atoms with E-state index < -0.39 is 10.0 Å². The number of amides is 1. The minimum absolute atomic E-state index is 0. The number of hydrogen-bond donors (Lipinski definition) is 1. The fourth-order valence-corrected chi connectivity index (χ4v) is 5.77. The first kappa shape index (κ1) is 18.6. The van der Waals surface area contributed by atoms with Crippen molar-refractivity contribution in [2.24, 2.45) is 0 Å². The van der Waals surface area contributed by atoms with Gasteiger partial charge in [-0.1, -0.05) is 0 Å². The van der Waals surface area contributed by atoms with Crippen LogP contribution in [0.5, 0.6) is 0 Å². The molecule has 130 valence electrons. The van der Waals surface area contributed by atoms with Crippen molar-refractivity contribution < 1.29 is 13.2 Å². The van der Waals surface area contributed by atoms with Crippen LogP contribution in [0.15, 0.2) is 10.4 Å². The molecule has 1 atom stereocenters. The molecule has 1 unspecified atom stereocenters. The molecule has 0 saturated carbocycles. The SMILES string of the molecule is Cc1ncc(S(=O)(=O)N2CCCC(N3CCNCC3=O)C2)s1.Cl. The summed E-state index contributed by atoms with van der Waals surface area (Å²) in [5.41, 5.74) is 0. The summed E-state index contributed by atoms with van der Waals surface area (Å²) >= 11 is 1.19. The number of aromatic nitrogens is 1. The third-order valence-corrected chi connectivity index (χ3v) is 7.33. The van der Waals surface area contributed by atoms with Crippen LogP contribution in [-0.4, -0.2) is 67.3 Å². The maximum absolute atomic E-state index is 12.7. The topological polar surface area (TPSA) is 82.6 Å². The number of piperazine rings is 1. The summed E-state index contributed by atoms with van der Waals surface area (Å²) in [4.78, 5) is 17.9. The lowest BCUT2D eigenvalue weighted by Gasteiger charge is -2.40. The first-order valence-corrected chi connectivity index (χ1v) is 9.67. The van der Waals surface area contributed by atoms with Crippen molar-refractivity contribution in [2.75, 3.05) is 32.7 Å². The highest BCUT2D eigenvalue weighted by atomic mass is 35.5. The average molecular weight is 381 g/mol. The van der Waals surface area contributed by atoms with Crippen molar-refractivity contribution in [3.63, 3.8) is 0 Å². The van der Waals surface area contributed by atoms with Crippen LogP contribution in [0.1, 0.15) is 17.8 Å². The summed E-state index contributed by atoms with van der Waals surface area (Å²) in [5.74, 6) is 0.0594. The maximum atomic E-state index is 12.7. The molecule has 0 bridgehead atoms. The van der Waals surface area contributed by atoms with Crippen molar-refractivity contribution in [1.29, 1.82) is 0 Å². The fraction of sp³-hybridized carbons (Fsp3) is 0.692. The van der Waals surface area contributed by atoms with Crippen LogP contribution in [-0.2, 0) is 14.8 Å². The molecule has 3 rings (SSSR count). The van der Waals surface area contributed by atoms with E-state index in [0.717, 1.165) is 24.4 Å². The van der Waals surface area contributed by atoms with E-state index in [9.17, 15) is 13.2 Å². The number of rotatable bonds is 3. The number of hydrogen-bond acceptors (Lipinski definition) is 6. The minimum Gasteiger partial charge on any atom is -0.336 e. The van der Waals surface area contributed by atoms with Crippen LogP contribution in [0, 0.1) is 6.92 Å². The molecule has 2 aliphatic heterocycles. The lowest BCUT2D eigenvalue weighted by molar-refractivity contribution is -0.135. The smallest absolute Gasteiger partial charge is 0.254 e. The van der Waals surface area contributed by atoms with Crippen LogP contribution >= 0.6 is 23.7 Å². The molecule has 2 saturated heterocycles. The highest BCUT2D eigenvalue weighted by Gasteiger charge is 2.35. The van der Waals surface area contributed by atoms with E-state index in [0.29, 0.717) is 26.2 Å². The molecule has 7 nitrogen and oxygen atoms in total. The molecule has 1 amide bonds. The number of halogens is 1. The van der Waals surface area contributed by atoms with Crippen molar-refractivity contribution in [1.82, 2.24) is 19.5 Å². The zero-order valence-electron chi connectivity index (χ0n) is 12.9. The second-order valence-electron chi connectivity index (χ2n) is 5.62. The van der Waals surface area contributed by atoms with Gasteiger partial charge in [0.25, 0.3) is 10.0 Å². The average Bonchev–Trinajstić information content (AvgIpc) is 2.95. The first-order valence-electron chi connectivity index (χ1n) is 7.41. The second-order valence-corrected chi connectivity index (χ2v) is 9.02. The van der Waals surface area contributed by atoms with Crippen molar-refractivity contribution >= 4 is 39.7 Å². The summed E-state index contributed by atoms with van der Waals surface area (Å²) in [6.45, 7) is 4.44. The largest absolute Gasteiger partial charge is 0.336 e. The Bertz CT molecular complexity index is 664. The third-order valence-electron chi connectivity index (χ3n) is 4.12. The zero-order chi connectivity index (χ0) is 15.7. The van der Waals surface area contributed by atoms with Crippen LogP contribution in [0.4, 0.5) is 0 Å². The number of piperidine rings is 1. The molecule has 10 heteroatoms. The Morgan fingerprint density at radius 2 is 2.17 bits per heavy atom. The Labute approximate surface area is 146 Å². The molecular weight excluding hydrogens is 360 g/mol. The van der Waals surface area contributed by atoms with Crippen molar-refractivity contribution in [2.45, 2.75) is 30.0 Å². The molecule has 1 aromatic heterocycles. The van der Waals surface area contributed by atoms with Gasteiger partial charge in [0, 0.05) is 32.2 Å². The van der Waals surface area contributed by atoms with Gasteiger partial charge in [0.1, 0.15) is 0 Å². The van der Waals surface area contributed by atoms with Gasteiger partial charge in [-0.15, -0.1) is 23.7 Å². The molecule has 0 aliphatic carbocycles. The predicted molar refractivity (Wildman–Crippen MR) is 90.5 cm³/mol. The van der Waals surface area contributed by atoms with Crippen molar-refractivity contribution in [3.05, 3.63) is 11.2 Å². The number of sulfonamides is 1. The van der Waals surface area contributed by atoms with Crippen LogP contribution in [0.25, 0.3) is 0 Å². The summed E-state index contributed by atoms with van der Waals surface area (Å²) in [5, 5.41) is 3.78. The molecular formula is C13H21ClN4O3S2. The van der Waals surface area contributed by atoms with Crippen LogP contribution in [0.2, 0.25) is 0 Å². The summed E-state index contributed by atoms with van der Waals surface area (Å²) in [6.07, 6.45) is 3.06. The van der Waals surface area contributed by atoms with E-state index in [1.807, 2.05) is 4.90 Å². The third kappa shape index (κ3) is 3.85. The van der Waals surface area contributed by atoms with Gasteiger partial charge in [-0.25, -0.2) is 13.4 Å². The Kier molecular flexibility index (Phi) is 6.01. The van der Waals surface area contributed by atoms with E-state index in [1.165, 1.54) is 21.8 Å². The molecule has 0 aromatic carbocycles. The Hall–Kier alpha value is -0.740. The minimum atomic E-state index is -3.49. The molecule has 2 aliphatic rings. The van der Waals surface area contributed by atoms with Gasteiger partial charge in [-0.3, -0.25) is 4.79 Å². The molecule has 2 fully saturated rings. The monoisotopic (exact) mass is 380 g/mol. The number of aryl methyl sites for hydroxylation is 1. The Morgan fingerprint density at radius 1 is 1.39 bits per heavy atom. The van der Waals surface area contributed by atoms with E-state index in [4.69, 9.17) is 0 Å². The Morgan fingerprint density at radius 3 is 2.83 bits per heavy atom. The molecule has 1 aromatic rings. The fourth-order valence-electron chi connectivity index (χ4n) is 2.99. The van der Waals surface area contributed by atoms with Gasteiger partial charge in [-0.05, 0) is 19.8 Å². The van der Waals surface area contributed by atoms with E-state index in [2.05, 4.69) is 10.3 Å². The quantitative estimate of drug-likeness (QED) is 0.823. The lowest BCUT2D eigenvalue weighted by Crippen LogP contribution is -2.57. The maximum Gasteiger partial charge on any atom is 0.254 e. The standard InChI is InChI=1S/C13H20N4O3S2.ClH/c1-10-15-8-13(21-10)22(19,20)16-5-2-3-11(9-16)17-6-4-14-7-12(17)18;/h8,11,14H,2-7,9H2,1H3;1H. The van der Waals surface area contributed by atoms with Gasteiger partial charge in [0.15, 0.2) is 4.21 Å².